The van der Waals surface area contributed by atoms with Gasteiger partial charge in [-0.05, 0) is 68.8 Å². The molecule has 0 spiro atoms. The number of amides is 1. The number of aromatic nitrogens is 1. The van der Waals surface area contributed by atoms with Crippen molar-refractivity contribution in [3.05, 3.63) is 14.5 Å². The molecule has 4 nitrogen and oxygen atoms in total. The van der Waals surface area contributed by atoms with Crippen LogP contribution in [-0.2, 0) is 11.2 Å². The summed E-state index contributed by atoms with van der Waals surface area (Å²) in [5, 5.41) is 4.22. The van der Waals surface area contributed by atoms with Crippen molar-refractivity contribution in [1.29, 1.82) is 0 Å². The van der Waals surface area contributed by atoms with E-state index in [0.717, 1.165) is 37.8 Å². The normalized spacial score (nSPS) is 22.4. The molecule has 6 heteroatoms. The lowest BCUT2D eigenvalue weighted by Gasteiger charge is -2.29. The monoisotopic (exact) mass is 388 g/mol. The van der Waals surface area contributed by atoms with Crippen molar-refractivity contribution >= 4 is 33.4 Å². The molecule has 1 aliphatic carbocycles. The second kappa shape index (κ2) is 7.30. The van der Waals surface area contributed by atoms with Crippen molar-refractivity contribution in [2.75, 3.05) is 0 Å². The van der Waals surface area contributed by atoms with Gasteiger partial charge in [0.05, 0.1) is 14.5 Å². The van der Waals surface area contributed by atoms with E-state index in [1.165, 1.54) is 8.79 Å². The molecule has 0 bridgehead atoms. The van der Waals surface area contributed by atoms with Crippen LogP contribution in [0.3, 0.4) is 0 Å². The third kappa shape index (κ3) is 4.95. The maximum atomic E-state index is 11.8. The molecule has 0 radical (unpaired) electrons. The van der Waals surface area contributed by atoms with E-state index in [1.54, 1.807) is 11.3 Å². The lowest BCUT2D eigenvalue weighted by molar-refractivity contribution is 0.0491. The molecule has 1 heterocycles. The topological polar surface area (TPSA) is 51.2 Å². The summed E-state index contributed by atoms with van der Waals surface area (Å²) in [5.41, 5.74) is 0.722. The average Bonchev–Trinajstić information content (AvgIpc) is 2.78. The molecule has 0 aromatic carbocycles. The van der Waals surface area contributed by atoms with E-state index in [2.05, 4.69) is 28.2 Å². The summed E-state index contributed by atoms with van der Waals surface area (Å²) in [7, 11) is 0. The number of nitrogens with one attached hydrogen (secondary N) is 1. The lowest BCUT2D eigenvalue weighted by atomic mass is 9.86. The van der Waals surface area contributed by atoms with Crippen molar-refractivity contribution in [3.8, 4) is 0 Å². The first-order valence-electron chi connectivity index (χ1n) is 7.93. The van der Waals surface area contributed by atoms with Crippen LogP contribution in [0.25, 0.3) is 0 Å². The Bertz CT molecular complexity index is 517. The van der Waals surface area contributed by atoms with Crippen LogP contribution in [-0.4, -0.2) is 22.7 Å². The number of hydrogen-bond donors (Lipinski definition) is 1. The maximum Gasteiger partial charge on any atom is 0.407 e. The van der Waals surface area contributed by atoms with Crippen LogP contribution in [0.1, 0.15) is 70.0 Å². The number of rotatable bonds is 3. The average molecular weight is 389 g/mol. The highest BCUT2D eigenvalue weighted by atomic mass is 79.9. The molecule has 0 unspecified atom stereocenters. The third-order valence-electron chi connectivity index (χ3n) is 3.80. The number of hydrogen-bond acceptors (Lipinski definition) is 4. The molecule has 1 aromatic rings. The minimum atomic E-state index is -0.439. The molecule has 22 heavy (non-hydrogen) atoms. The Morgan fingerprint density at radius 3 is 2.50 bits per heavy atom. The largest absolute Gasteiger partial charge is 0.444 e. The zero-order valence-corrected chi connectivity index (χ0v) is 16.1. The van der Waals surface area contributed by atoms with Crippen LogP contribution in [0.4, 0.5) is 4.79 Å². The van der Waals surface area contributed by atoms with Gasteiger partial charge in [-0.15, -0.1) is 11.3 Å². The van der Waals surface area contributed by atoms with E-state index in [-0.39, 0.29) is 12.1 Å². The van der Waals surface area contributed by atoms with E-state index in [1.807, 2.05) is 20.8 Å². The summed E-state index contributed by atoms with van der Waals surface area (Å²) >= 11 is 5.36. The van der Waals surface area contributed by atoms with Gasteiger partial charge < -0.3 is 10.1 Å². The summed E-state index contributed by atoms with van der Waals surface area (Å²) in [4.78, 5) is 16.6. The molecule has 1 amide bonds. The Balaban J connectivity index is 1.84. The highest BCUT2D eigenvalue weighted by molar-refractivity contribution is 9.11. The molecule has 124 valence electrons. The highest BCUT2D eigenvalue weighted by Crippen LogP contribution is 2.38. The van der Waals surface area contributed by atoms with Gasteiger partial charge in [0, 0.05) is 12.0 Å². The Kier molecular flexibility index (Phi) is 5.88. The number of carbonyl (C=O) groups excluding carboxylic acids is 1. The van der Waals surface area contributed by atoms with Gasteiger partial charge in [0.25, 0.3) is 0 Å². The summed E-state index contributed by atoms with van der Waals surface area (Å²) < 4.78 is 6.48. The Morgan fingerprint density at radius 1 is 1.36 bits per heavy atom. The number of alkyl carbamates (subject to hydrolysis) is 1. The van der Waals surface area contributed by atoms with Crippen LogP contribution in [0.15, 0.2) is 3.79 Å². The predicted molar refractivity (Wildman–Crippen MR) is 93.6 cm³/mol. The molecular formula is C16H25BrN2O2S. The van der Waals surface area contributed by atoms with Crippen molar-refractivity contribution in [1.82, 2.24) is 10.3 Å². The van der Waals surface area contributed by atoms with Crippen LogP contribution in [0.2, 0.25) is 0 Å². The van der Waals surface area contributed by atoms with Crippen LogP contribution in [0, 0.1) is 0 Å². The number of carbonyl (C=O) groups is 1. The van der Waals surface area contributed by atoms with Gasteiger partial charge in [-0.2, -0.15) is 0 Å². The molecular weight excluding hydrogens is 364 g/mol. The fraction of sp³-hybridized carbons (Fsp3) is 0.750. The second-order valence-electron chi connectivity index (χ2n) is 6.82. The fourth-order valence-corrected chi connectivity index (χ4v) is 4.62. The van der Waals surface area contributed by atoms with Gasteiger partial charge in [0.1, 0.15) is 5.60 Å². The van der Waals surface area contributed by atoms with Gasteiger partial charge in [-0.3, -0.25) is 0 Å². The number of halogens is 1. The standard InChI is InChI=1S/C16H25BrN2O2S/c1-5-12-13(17)22-14(19-12)10-6-8-11(9-7-10)18-15(20)21-16(2,3)4/h10-11H,5-9H2,1-4H3,(H,18,20). The molecule has 1 saturated carbocycles. The number of thiazole rings is 1. The zero-order chi connectivity index (χ0) is 16.3. The van der Waals surface area contributed by atoms with E-state index in [0.29, 0.717) is 5.92 Å². The first-order chi connectivity index (χ1) is 10.3. The number of nitrogens with zero attached hydrogens (tertiary/aromatic N) is 1. The predicted octanol–water partition coefficient (Wildman–Crippen LogP) is 5.02. The SMILES string of the molecule is CCc1nc(C2CCC(NC(=O)OC(C)(C)C)CC2)sc1Br. The minimum absolute atomic E-state index is 0.222. The van der Waals surface area contributed by atoms with E-state index in [4.69, 9.17) is 9.72 Å². The molecule has 1 aliphatic rings. The van der Waals surface area contributed by atoms with E-state index in [9.17, 15) is 4.79 Å². The number of ether oxygens (including phenoxy) is 1. The lowest BCUT2D eigenvalue weighted by Crippen LogP contribution is -2.40. The van der Waals surface area contributed by atoms with Crippen molar-refractivity contribution in [2.24, 2.45) is 0 Å². The molecule has 0 aliphatic heterocycles. The first-order valence-corrected chi connectivity index (χ1v) is 9.54. The minimum Gasteiger partial charge on any atom is -0.444 e. The summed E-state index contributed by atoms with van der Waals surface area (Å²) in [6.07, 6.45) is 4.78. The van der Waals surface area contributed by atoms with Crippen molar-refractivity contribution in [2.45, 2.75) is 77.4 Å². The maximum absolute atomic E-state index is 11.8. The summed E-state index contributed by atoms with van der Waals surface area (Å²) in [5.74, 6) is 0.526. The Hall–Kier alpha value is -0.620. The van der Waals surface area contributed by atoms with Crippen LogP contribution in [0.5, 0.6) is 0 Å². The van der Waals surface area contributed by atoms with Crippen molar-refractivity contribution < 1.29 is 9.53 Å². The molecule has 0 saturated heterocycles. The zero-order valence-electron chi connectivity index (χ0n) is 13.7. The summed E-state index contributed by atoms with van der Waals surface area (Å²) in [6, 6.07) is 0.222. The third-order valence-corrected chi connectivity index (χ3v) is 5.79. The van der Waals surface area contributed by atoms with Gasteiger partial charge >= 0.3 is 6.09 Å². The highest BCUT2D eigenvalue weighted by Gasteiger charge is 2.27. The smallest absolute Gasteiger partial charge is 0.407 e. The van der Waals surface area contributed by atoms with Gasteiger partial charge in [0.2, 0.25) is 0 Å². The summed E-state index contributed by atoms with van der Waals surface area (Å²) in [6.45, 7) is 7.78. The molecule has 1 fully saturated rings. The van der Waals surface area contributed by atoms with Crippen LogP contribution < -0.4 is 5.32 Å². The van der Waals surface area contributed by atoms with Gasteiger partial charge in [0.15, 0.2) is 0 Å². The van der Waals surface area contributed by atoms with Crippen molar-refractivity contribution in [3.63, 3.8) is 0 Å². The molecule has 1 aromatic heterocycles. The van der Waals surface area contributed by atoms with E-state index >= 15 is 0 Å². The molecule has 0 atom stereocenters. The van der Waals surface area contributed by atoms with E-state index < -0.39 is 5.60 Å². The molecule has 2 rings (SSSR count). The second-order valence-corrected chi connectivity index (χ2v) is 9.17. The Morgan fingerprint density at radius 2 is 2.00 bits per heavy atom. The first kappa shape index (κ1) is 17.7. The van der Waals surface area contributed by atoms with Crippen LogP contribution >= 0.6 is 27.3 Å². The molecule has 1 N–H and O–H groups in total. The quantitative estimate of drug-likeness (QED) is 0.790. The fourth-order valence-electron chi connectivity index (χ4n) is 2.70. The Labute approximate surface area is 145 Å². The number of aryl methyl sites for hydroxylation is 1. The van der Waals surface area contributed by atoms with Gasteiger partial charge in [-0.1, -0.05) is 6.92 Å². The van der Waals surface area contributed by atoms with Gasteiger partial charge in [-0.25, -0.2) is 9.78 Å².